The molecule has 0 heterocycles. The van der Waals surface area contributed by atoms with Crippen molar-refractivity contribution < 1.29 is 23.8 Å². The minimum absolute atomic E-state index is 0.109. The molecule has 0 aromatic heterocycles. The number of carbonyl (C=O) groups excluding carboxylic acids is 2. The molecule has 5 heteroatoms. The molecule has 0 radical (unpaired) electrons. The molecule has 5 nitrogen and oxygen atoms in total. The highest BCUT2D eigenvalue weighted by molar-refractivity contribution is 6.05. The van der Waals surface area contributed by atoms with E-state index >= 15 is 0 Å². The van der Waals surface area contributed by atoms with Crippen LogP contribution in [0.4, 0.5) is 0 Å². The predicted molar refractivity (Wildman–Crippen MR) is 115 cm³/mol. The highest BCUT2D eigenvalue weighted by Gasteiger charge is 2.68. The molecule has 0 N–H and O–H groups in total. The molecule has 4 rings (SSSR count). The molecule has 0 spiro atoms. The topological polar surface area (TPSA) is 61.8 Å². The van der Waals surface area contributed by atoms with Crippen molar-refractivity contribution >= 4 is 11.9 Å². The molecular formula is C26H24O5. The standard InChI is InChI=1S/C26H24O5/c1-29-22-14-8-13-21(15-22)23-16-26(23,24(27)30-17-19-9-4-2-5-10-19)25(28)31-18-20-11-6-3-7-12-20/h2-15,23H,16-18H2,1H3. The lowest BCUT2D eigenvalue weighted by Gasteiger charge is -2.16. The summed E-state index contributed by atoms with van der Waals surface area (Å²) in [6.07, 6.45) is 0.349. The molecule has 1 aliphatic carbocycles. The van der Waals surface area contributed by atoms with Crippen molar-refractivity contribution in [1.29, 1.82) is 0 Å². The van der Waals surface area contributed by atoms with Gasteiger partial charge in [0.25, 0.3) is 0 Å². The van der Waals surface area contributed by atoms with Crippen LogP contribution in [-0.2, 0) is 32.3 Å². The van der Waals surface area contributed by atoms with Crippen molar-refractivity contribution in [2.75, 3.05) is 7.11 Å². The number of hydrogen-bond acceptors (Lipinski definition) is 5. The van der Waals surface area contributed by atoms with Gasteiger partial charge in [0.2, 0.25) is 0 Å². The molecule has 1 saturated carbocycles. The third-order valence-corrected chi connectivity index (χ3v) is 5.61. The van der Waals surface area contributed by atoms with Crippen LogP contribution in [0.2, 0.25) is 0 Å². The van der Waals surface area contributed by atoms with E-state index < -0.39 is 17.4 Å². The molecule has 0 saturated heterocycles. The molecule has 0 aliphatic heterocycles. The van der Waals surface area contributed by atoms with Gasteiger partial charge in [0.05, 0.1) is 7.11 Å². The summed E-state index contributed by atoms with van der Waals surface area (Å²) >= 11 is 0. The third kappa shape index (κ3) is 4.45. The SMILES string of the molecule is COc1cccc(C2CC2(C(=O)OCc2ccccc2)C(=O)OCc2ccccc2)c1. The van der Waals surface area contributed by atoms with Crippen LogP contribution in [0.25, 0.3) is 0 Å². The van der Waals surface area contributed by atoms with Crippen LogP contribution in [0.1, 0.15) is 29.0 Å². The van der Waals surface area contributed by atoms with Crippen LogP contribution in [0, 0.1) is 5.41 Å². The molecule has 0 bridgehead atoms. The molecule has 0 amide bonds. The first kappa shape index (κ1) is 20.7. The van der Waals surface area contributed by atoms with Gasteiger partial charge in [-0.05, 0) is 35.2 Å². The Labute approximate surface area is 181 Å². The molecule has 3 aromatic carbocycles. The van der Waals surface area contributed by atoms with Crippen molar-refractivity contribution in [2.45, 2.75) is 25.6 Å². The minimum Gasteiger partial charge on any atom is -0.497 e. The Morgan fingerprint density at radius 2 is 1.35 bits per heavy atom. The molecular weight excluding hydrogens is 392 g/mol. The van der Waals surface area contributed by atoms with E-state index in [2.05, 4.69) is 0 Å². The maximum absolute atomic E-state index is 13.1. The van der Waals surface area contributed by atoms with Crippen LogP contribution in [0.15, 0.2) is 84.9 Å². The summed E-state index contributed by atoms with van der Waals surface area (Å²) in [4.78, 5) is 26.3. The van der Waals surface area contributed by atoms with Crippen LogP contribution >= 0.6 is 0 Å². The Kier molecular flexibility index (Phi) is 6.03. The lowest BCUT2D eigenvalue weighted by molar-refractivity contribution is -0.166. The van der Waals surface area contributed by atoms with Crippen molar-refractivity contribution in [2.24, 2.45) is 5.41 Å². The van der Waals surface area contributed by atoms with E-state index in [1.807, 2.05) is 84.9 Å². The molecule has 1 aliphatic rings. The number of benzene rings is 3. The highest BCUT2D eigenvalue weighted by Crippen LogP contribution is 2.61. The summed E-state index contributed by atoms with van der Waals surface area (Å²) in [6, 6.07) is 26.2. The lowest BCUT2D eigenvalue weighted by atomic mass is 9.99. The van der Waals surface area contributed by atoms with Crippen molar-refractivity contribution in [3.8, 4) is 5.75 Å². The Morgan fingerprint density at radius 3 is 1.87 bits per heavy atom. The predicted octanol–water partition coefficient (Wildman–Crippen LogP) is 4.66. The lowest BCUT2D eigenvalue weighted by Crippen LogP contribution is -2.31. The maximum Gasteiger partial charge on any atom is 0.324 e. The van der Waals surface area contributed by atoms with E-state index in [9.17, 15) is 9.59 Å². The number of carbonyl (C=O) groups is 2. The Bertz CT molecular complexity index is 990. The Balaban J connectivity index is 1.53. The monoisotopic (exact) mass is 416 g/mol. The summed E-state index contributed by atoms with van der Waals surface area (Å²) in [6.45, 7) is 0.219. The molecule has 1 atom stereocenters. The quantitative estimate of drug-likeness (QED) is 0.395. The van der Waals surface area contributed by atoms with Gasteiger partial charge in [0, 0.05) is 5.92 Å². The second-order valence-corrected chi connectivity index (χ2v) is 7.63. The van der Waals surface area contributed by atoms with Crippen LogP contribution in [0.5, 0.6) is 5.75 Å². The minimum atomic E-state index is -1.34. The van der Waals surface area contributed by atoms with Gasteiger partial charge in [-0.1, -0.05) is 72.8 Å². The molecule has 3 aromatic rings. The van der Waals surface area contributed by atoms with Gasteiger partial charge < -0.3 is 14.2 Å². The molecule has 1 fully saturated rings. The summed E-state index contributed by atoms with van der Waals surface area (Å²) in [7, 11) is 1.58. The van der Waals surface area contributed by atoms with Gasteiger partial charge in [-0.2, -0.15) is 0 Å². The average Bonchev–Trinajstić information content (AvgIpc) is 3.59. The van der Waals surface area contributed by atoms with Crippen molar-refractivity contribution in [3.63, 3.8) is 0 Å². The highest BCUT2D eigenvalue weighted by atomic mass is 16.6. The van der Waals surface area contributed by atoms with Crippen LogP contribution in [0.3, 0.4) is 0 Å². The molecule has 31 heavy (non-hydrogen) atoms. The first-order valence-corrected chi connectivity index (χ1v) is 10.2. The largest absolute Gasteiger partial charge is 0.497 e. The van der Waals surface area contributed by atoms with Crippen LogP contribution in [-0.4, -0.2) is 19.0 Å². The zero-order valence-electron chi connectivity index (χ0n) is 17.3. The van der Waals surface area contributed by atoms with Gasteiger partial charge in [-0.25, -0.2) is 0 Å². The maximum atomic E-state index is 13.1. The number of rotatable bonds is 8. The summed E-state index contributed by atoms with van der Waals surface area (Å²) in [5.74, 6) is -0.743. The van der Waals surface area contributed by atoms with Gasteiger partial charge in [-0.15, -0.1) is 0 Å². The van der Waals surface area contributed by atoms with E-state index in [4.69, 9.17) is 14.2 Å². The van der Waals surface area contributed by atoms with Crippen molar-refractivity contribution in [1.82, 2.24) is 0 Å². The first-order chi connectivity index (χ1) is 15.1. The van der Waals surface area contributed by atoms with Crippen LogP contribution < -0.4 is 4.74 Å². The zero-order valence-corrected chi connectivity index (χ0v) is 17.3. The number of ether oxygens (including phenoxy) is 3. The fourth-order valence-electron chi connectivity index (χ4n) is 3.76. The summed E-state index contributed by atoms with van der Waals surface area (Å²) < 4.78 is 16.4. The summed E-state index contributed by atoms with van der Waals surface area (Å²) in [5.41, 5.74) is 1.24. The Hall–Kier alpha value is -3.60. The molecule has 158 valence electrons. The van der Waals surface area contributed by atoms with Gasteiger partial charge >= 0.3 is 11.9 Å². The van der Waals surface area contributed by atoms with E-state index in [-0.39, 0.29) is 19.1 Å². The number of hydrogen-bond donors (Lipinski definition) is 0. The number of methoxy groups -OCH3 is 1. The van der Waals surface area contributed by atoms with E-state index in [1.54, 1.807) is 7.11 Å². The van der Waals surface area contributed by atoms with E-state index in [0.717, 1.165) is 16.7 Å². The second kappa shape index (κ2) is 9.04. The van der Waals surface area contributed by atoms with Gasteiger partial charge in [-0.3, -0.25) is 9.59 Å². The van der Waals surface area contributed by atoms with Gasteiger partial charge in [0.15, 0.2) is 5.41 Å². The van der Waals surface area contributed by atoms with E-state index in [1.165, 1.54) is 0 Å². The van der Waals surface area contributed by atoms with Gasteiger partial charge in [0.1, 0.15) is 19.0 Å². The normalized spacial score (nSPS) is 16.2. The number of esters is 2. The average molecular weight is 416 g/mol. The third-order valence-electron chi connectivity index (χ3n) is 5.61. The van der Waals surface area contributed by atoms with E-state index in [0.29, 0.717) is 12.2 Å². The zero-order chi connectivity index (χ0) is 21.7. The van der Waals surface area contributed by atoms with Crippen molar-refractivity contribution in [3.05, 3.63) is 102 Å². The fraction of sp³-hybridized carbons (Fsp3) is 0.231. The Morgan fingerprint density at radius 1 is 0.806 bits per heavy atom. The second-order valence-electron chi connectivity index (χ2n) is 7.63. The smallest absolute Gasteiger partial charge is 0.324 e. The fourth-order valence-corrected chi connectivity index (χ4v) is 3.76. The first-order valence-electron chi connectivity index (χ1n) is 10.2. The molecule has 1 unspecified atom stereocenters. The summed E-state index contributed by atoms with van der Waals surface area (Å²) in [5, 5.41) is 0.